The Kier molecular flexibility index (Phi) is 4.88. The van der Waals surface area contributed by atoms with E-state index in [1.54, 1.807) is 0 Å². The van der Waals surface area contributed by atoms with Crippen molar-refractivity contribution in [2.75, 3.05) is 29.5 Å². The van der Waals surface area contributed by atoms with Crippen LogP contribution in [0.15, 0.2) is 24.5 Å². The van der Waals surface area contributed by atoms with Crippen molar-refractivity contribution in [2.45, 2.75) is 13.3 Å². The molecule has 0 atom stereocenters. The average Bonchev–Trinajstić information content (AvgIpc) is 2.49. The van der Waals surface area contributed by atoms with Crippen LogP contribution < -0.4 is 16.4 Å². The molecule has 0 bridgehead atoms. The van der Waals surface area contributed by atoms with Crippen LogP contribution >= 0.6 is 0 Å². The van der Waals surface area contributed by atoms with E-state index >= 15 is 0 Å². The van der Waals surface area contributed by atoms with Crippen LogP contribution in [0.3, 0.4) is 0 Å². The normalized spacial score (nSPS) is 9.90. The number of nitrogen functional groups attached to an aromatic ring is 1. The molecule has 7 nitrogen and oxygen atoms in total. The van der Waals surface area contributed by atoms with Crippen molar-refractivity contribution in [3.63, 3.8) is 0 Å². The van der Waals surface area contributed by atoms with E-state index in [4.69, 9.17) is 11.0 Å². The van der Waals surface area contributed by atoms with Crippen molar-refractivity contribution in [1.29, 1.82) is 5.26 Å². The minimum Gasteiger partial charge on any atom is -0.382 e. The Hall–Kier alpha value is -2.88. The van der Waals surface area contributed by atoms with Gasteiger partial charge in [0.15, 0.2) is 0 Å². The zero-order valence-corrected chi connectivity index (χ0v) is 11.8. The SMILES string of the molecule is Cc1ccc(NCCCNc2ncc(C#N)c(N)n2)nc1. The lowest BCUT2D eigenvalue weighted by molar-refractivity contribution is 0.890. The third-order valence-corrected chi connectivity index (χ3v) is 2.79. The summed E-state index contributed by atoms with van der Waals surface area (Å²) in [6, 6.07) is 5.89. The van der Waals surface area contributed by atoms with Gasteiger partial charge in [-0.25, -0.2) is 9.97 Å². The van der Waals surface area contributed by atoms with Crippen LogP contribution in [0.4, 0.5) is 17.6 Å². The number of hydrogen-bond acceptors (Lipinski definition) is 7. The van der Waals surface area contributed by atoms with Gasteiger partial charge in [-0.3, -0.25) is 0 Å². The van der Waals surface area contributed by atoms with Gasteiger partial charge in [-0.2, -0.15) is 10.2 Å². The number of nitrogens with zero attached hydrogens (tertiary/aromatic N) is 4. The van der Waals surface area contributed by atoms with Gasteiger partial charge in [-0.15, -0.1) is 0 Å². The molecule has 0 spiro atoms. The molecule has 108 valence electrons. The minimum absolute atomic E-state index is 0.192. The Morgan fingerprint density at radius 1 is 1.19 bits per heavy atom. The van der Waals surface area contributed by atoms with Crippen LogP contribution in [0.1, 0.15) is 17.5 Å². The highest BCUT2D eigenvalue weighted by Crippen LogP contribution is 2.08. The van der Waals surface area contributed by atoms with Crippen molar-refractivity contribution >= 4 is 17.6 Å². The summed E-state index contributed by atoms with van der Waals surface area (Å²) < 4.78 is 0. The number of nitrogens with one attached hydrogen (secondary N) is 2. The molecule has 2 rings (SSSR count). The van der Waals surface area contributed by atoms with Crippen molar-refractivity contribution in [1.82, 2.24) is 15.0 Å². The smallest absolute Gasteiger partial charge is 0.224 e. The number of anilines is 3. The highest BCUT2D eigenvalue weighted by molar-refractivity contribution is 5.49. The van der Waals surface area contributed by atoms with E-state index in [0.29, 0.717) is 12.5 Å². The van der Waals surface area contributed by atoms with Gasteiger partial charge in [0, 0.05) is 19.3 Å². The van der Waals surface area contributed by atoms with E-state index in [2.05, 4.69) is 25.6 Å². The molecule has 2 aromatic heterocycles. The number of nitriles is 1. The lowest BCUT2D eigenvalue weighted by atomic mass is 10.3. The first kappa shape index (κ1) is 14.5. The molecule has 0 unspecified atom stereocenters. The van der Waals surface area contributed by atoms with E-state index in [1.807, 2.05) is 31.3 Å². The van der Waals surface area contributed by atoms with Crippen LogP contribution in [-0.4, -0.2) is 28.0 Å². The Balaban J connectivity index is 1.71. The average molecular weight is 283 g/mol. The highest BCUT2D eigenvalue weighted by Gasteiger charge is 2.02. The fourth-order valence-corrected chi connectivity index (χ4v) is 1.64. The number of pyridine rings is 1. The topological polar surface area (TPSA) is 113 Å². The number of nitrogens with two attached hydrogens (primary N) is 1. The molecule has 0 saturated carbocycles. The number of hydrogen-bond donors (Lipinski definition) is 3. The van der Waals surface area contributed by atoms with E-state index in [0.717, 1.165) is 24.3 Å². The molecule has 0 aliphatic heterocycles. The van der Waals surface area contributed by atoms with Crippen LogP contribution in [0.2, 0.25) is 0 Å². The first-order valence-corrected chi connectivity index (χ1v) is 6.62. The summed E-state index contributed by atoms with van der Waals surface area (Å²) in [5.74, 6) is 1.48. The molecule has 2 heterocycles. The van der Waals surface area contributed by atoms with Gasteiger partial charge in [0.1, 0.15) is 23.3 Å². The van der Waals surface area contributed by atoms with Crippen LogP contribution in [0.25, 0.3) is 0 Å². The maximum Gasteiger partial charge on any atom is 0.224 e. The Labute approximate surface area is 123 Å². The minimum atomic E-state index is 0.192. The summed E-state index contributed by atoms with van der Waals surface area (Å²) >= 11 is 0. The second-order valence-corrected chi connectivity index (χ2v) is 4.53. The summed E-state index contributed by atoms with van der Waals surface area (Å²) in [6.45, 7) is 3.49. The molecular formula is C14H17N7. The number of rotatable bonds is 6. The second kappa shape index (κ2) is 7.05. The molecule has 0 fully saturated rings. The predicted octanol–water partition coefficient (Wildman–Crippen LogP) is 1.55. The van der Waals surface area contributed by atoms with Crippen molar-refractivity contribution in [3.8, 4) is 6.07 Å². The summed E-state index contributed by atoms with van der Waals surface area (Å²) in [7, 11) is 0. The monoisotopic (exact) mass is 283 g/mol. The fraction of sp³-hybridized carbons (Fsp3) is 0.286. The molecule has 0 saturated heterocycles. The summed E-state index contributed by atoms with van der Waals surface area (Å²) in [4.78, 5) is 12.3. The second-order valence-electron chi connectivity index (χ2n) is 4.53. The lowest BCUT2D eigenvalue weighted by Crippen LogP contribution is -2.12. The standard InChI is InChI=1S/C14H17N7/c1-10-3-4-12(19-8-10)17-5-2-6-18-14-20-9-11(7-15)13(16)21-14/h3-4,8-9H,2,5-6H2,1H3,(H,17,19)(H3,16,18,20,21). The summed E-state index contributed by atoms with van der Waals surface area (Å²) in [6.07, 6.45) is 4.12. The van der Waals surface area contributed by atoms with E-state index in [1.165, 1.54) is 6.20 Å². The quantitative estimate of drug-likeness (QED) is 0.689. The highest BCUT2D eigenvalue weighted by atomic mass is 15.1. The third-order valence-electron chi connectivity index (χ3n) is 2.79. The maximum atomic E-state index is 8.74. The zero-order valence-electron chi connectivity index (χ0n) is 11.8. The van der Waals surface area contributed by atoms with Crippen LogP contribution in [0, 0.1) is 18.3 Å². The maximum absolute atomic E-state index is 8.74. The molecule has 21 heavy (non-hydrogen) atoms. The Bertz CT molecular complexity index is 631. The first-order chi connectivity index (χ1) is 10.2. The molecule has 4 N–H and O–H groups in total. The molecule has 0 amide bonds. The molecule has 0 radical (unpaired) electrons. The van der Waals surface area contributed by atoms with E-state index < -0.39 is 0 Å². The van der Waals surface area contributed by atoms with Gasteiger partial charge in [0.2, 0.25) is 5.95 Å². The number of aryl methyl sites for hydroxylation is 1. The predicted molar refractivity (Wildman–Crippen MR) is 81.7 cm³/mol. The van der Waals surface area contributed by atoms with E-state index in [-0.39, 0.29) is 11.4 Å². The molecular weight excluding hydrogens is 266 g/mol. The molecule has 7 heteroatoms. The van der Waals surface area contributed by atoms with Gasteiger partial charge in [0.05, 0.1) is 6.20 Å². The number of aromatic nitrogens is 3. The molecule has 2 aromatic rings. The van der Waals surface area contributed by atoms with Crippen molar-refractivity contribution < 1.29 is 0 Å². The van der Waals surface area contributed by atoms with Gasteiger partial charge >= 0.3 is 0 Å². The zero-order chi connectivity index (χ0) is 15.1. The van der Waals surface area contributed by atoms with Gasteiger partial charge in [-0.05, 0) is 25.0 Å². The first-order valence-electron chi connectivity index (χ1n) is 6.62. The molecule has 0 aliphatic carbocycles. The van der Waals surface area contributed by atoms with Crippen LogP contribution in [0.5, 0.6) is 0 Å². The van der Waals surface area contributed by atoms with Crippen molar-refractivity contribution in [3.05, 3.63) is 35.7 Å². The Morgan fingerprint density at radius 2 is 2.00 bits per heavy atom. The Morgan fingerprint density at radius 3 is 2.67 bits per heavy atom. The van der Waals surface area contributed by atoms with E-state index in [9.17, 15) is 0 Å². The largest absolute Gasteiger partial charge is 0.382 e. The van der Waals surface area contributed by atoms with Gasteiger partial charge in [-0.1, -0.05) is 6.07 Å². The summed E-state index contributed by atoms with van der Waals surface area (Å²) in [5.41, 5.74) is 7.04. The molecule has 0 aliphatic rings. The van der Waals surface area contributed by atoms with Crippen molar-refractivity contribution in [2.24, 2.45) is 0 Å². The van der Waals surface area contributed by atoms with Gasteiger partial charge in [0.25, 0.3) is 0 Å². The van der Waals surface area contributed by atoms with Crippen LogP contribution in [-0.2, 0) is 0 Å². The van der Waals surface area contributed by atoms with Gasteiger partial charge < -0.3 is 16.4 Å². The fourth-order valence-electron chi connectivity index (χ4n) is 1.64. The molecule has 0 aromatic carbocycles. The lowest BCUT2D eigenvalue weighted by Gasteiger charge is -2.07. The third kappa shape index (κ3) is 4.31. The summed E-state index contributed by atoms with van der Waals surface area (Å²) in [5, 5.41) is 15.0.